The van der Waals surface area contributed by atoms with Crippen LogP contribution in [0.5, 0.6) is 11.5 Å². The van der Waals surface area contributed by atoms with Gasteiger partial charge in [-0.2, -0.15) is 4.98 Å². The number of nitrogens with zero attached hydrogens (tertiary/aromatic N) is 4. The Morgan fingerprint density at radius 3 is 2.73 bits per heavy atom. The summed E-state index contributed by atoms with van der Waals surface area (Å²) < 4.78 is 16.4. The smallest absolute Gasteiger partial charge is 0.261 e. The van der Waals surface area contributed by atoms with Crippen molar-refractivity contribution in [2.24, 2.45) is 11.3 Å². The lowest BCUT2D eigenvalue weighted by atomic mass is 9.90. The second-order valence-electron chi connectivity index (χ2n) is 10.1. The molecule has 10 nitrogen and oxygen atoms in total. The average Bonchev–Trinajstić information content (AvgIpc) is 3.22. The highest BCUT2D eigenvalue weighted by atomic mass is 16.5. The number of benzene rings is 1. The first-order valence-corrected chi connectivity index (χ1v) is 12.7. The quantitative estimate of drug-likeness (QED) is 0.523. The second-order valence-corrected chi connectivity index (χ2v) is 10.1. The number of hydrogen-bond acceptors (Lipinski definition) is 8. The van der Waals surface area contributed by atoms with E-state index in [1.807, 2.05) is 11.0 Å². The normalized spacial score (nSPS) is 21.3. The van der Waals surface area contributed by atoms with Crippen LogP contribution in [0.3, 0.4) is 0 Å². The van der Waals surface area contributed by atoms with Crippen molar-refractivity contribution in [2.75, 3.05) is 19.6 Å². The molecule has 2 unspecified atom stereocenters. The predicted octanol–water partition coefficient (Wildman–Crippen LogP) is 2.71. The molecular weight excluding hydrogens is 474 g/mol. The molecule has 1 aromatic carbocycles. The Morgan fingerprint density at radius 2 is 2.00 bits per heavy atom. The molecule has 2 aliphatic heterocycles. The van der Waals surface area contributed by atoms with Gasteiger partial charge in [0.2, 0.25) is 11.7 Å². The maximum Gasteiger partial charge on any atom is 0.261 e. The Bertz CT molecular complexity index is 1270. The van der Waals surface area contributed by atoms with E-state index in [-0.39, 0.29) is 23.8 Å². The van der Waals surface area contributed by atoms with E-state index in [4.69, 9.17) is 14.0 Å². The summed E-state index contributed by atoms with van der Waals surface area (Å²) in [4.78, 5) is 35.8. The third-order valence-corrected chi connectivity index (χ3v) is 7.80. The monoisotopic (exact) mass is 503 g/mol. The Morgan fingerprint density at radius 1 is 1.19 bits per heavy atom. The van der Waals surface area contributed by atoms with Crippen LogP contribution in [0, 0.1) is 18.3 Å². The molecule has 2 aromatic heterocycles. The number of ether oxygens (including phenoxy) is 2. The van der Waals surface area contributed by atoms with Gasteiger partial charge in [-0.25, -0.2) is 0 Å². The Kier molecular flexibility index (Phi) is 6.02. The van der Waals surface area contributed by atoms with Gasteiger partial charge in [0.25, 0.3) is 11.8 Å². The van der Waals surface area contributed by atoms with Crippen molar-refractivity contribution in [3.63, 3.8) is 0 Å². The second kappa shape index (κ2) is 9.49. The van der Waals surface area contributed by atoms with Gasteiger partial charge >= 0.3 is 0 Å². The van der Waals surface area contributed by atoms with Gasteiger partial charge in [0.15, 0.2) is 12.7 Å². The van der Waals surface area contributed by atoms with Crippen LogP contribution in [0.1, 0.15) is 46.9 Å². The number of likely N-dealkylation sites (tertiary alicyclic amines) is 1. The Hall–Kier alpha value is -3.95. The summed E-state index contributed by atoms with van der Waals surface area (Å²) in [6.45, 7) is 4.05. The van der Waals surface area contributed by atoms with E-state index < -0.39 is 6.10 Å². The van der Waals surface area contributed by atoms with Gasteiger partial charge in [0, 0.05) is 50.3 Å². The third kappa shape index (κ3) is 4.87. The average molecular weight is 504 g/mol. The number of amides is 2. The van der Waals surface area contributed by atoms with Crippen molar-refractivity contribution in [1.82, 2.24) is 25.3 Å². The minimum Gasteiger partial charge on any atom is -0.485 e. The van der Waals surface area contributed by atoms with E-state index >= 15 is 0 Å². The maximum atomic E-state index is 13.0. The lowest BCUT2D eigenvalue weighted by Crippen LogP contribution is -2.41. The number of pyridine rings is 1. The highest BCUT2D eigenvalue weighted by molar-refractivity contribution is 5.94. The molecule has 2 fully saturated rings. The fourth-order valence-electron chi connectivity index (χ4n) is 5.47. The van der Waals surface area contributed by atoms with Crippen molar-refractivity contribution < 1.29 is 23.6 Å². The number of aryl methyl sites for hydroxylation is 1. The van der Waals surface area contributed by atoms with Crippen LogP contribution >= 0.6 is 0 Å². The van der Waals surface area contributed by atoms with Crippen molar-refractivity contribution in [1.29, 1.82) is 0 Å². The van der Waals surface area contributed by atoms with Gasteiger partial charge in [0.1, 0.15) is 11.5 Å². The number of carbonyl (C=O) groups excluding carboxylic acids is 2. The van der Waals surface area contributed by atoms with Gasteiger partial charge < -0.3 is 24.2 Å². The van der Waals surface area contributed by atoms with Crippen LogP contribution in [-0.4, -0.2) is 57.6 Å². The van der Waals surface area contributed by atoms with Gasteiger partial charge in [-0.15, -0.1) is 0 Å². The minimum atomic E-state index is -0.478. The Balaban J connectivity index is 0.944. The van der Waals surface area contributed by atoms with Crippen molar-refractivity contribution in [3.8, 4) is 11.5 Å². The summed E-state index contributed by atoms with van der Waals surface area (Å²) in [6.07, 6.45) is 6.50. The zero-order chi connectivity index (χ0) is 25.4. The first-order valence-electron chi connectivity index (χ1n) is 12.7. The zero-order valence-electron chi connectivity index (χ0n) is 20.7. The maximum absolute atomic E-state index is 13.0. The number of nitrogens with one attached hydrogen (secondary N) is 1. The van der Waals surface area contributed by atoms with Crippen LogP contribution in [0.15, 0.2) is 47.2 Å². The molecule has 1 N–H and O–H groups in total. The first kappa shape index (κ1) is 23.4. The Labute approximate surface area is 214 Å². The van der Waals surface area contributed by atoms with E-state index in [1.54, 1.807) is 43.6 Å². The minimum absolute atomic E-state index is 0.0353. The van der Waals surface area contributed by atoms with Crippen LogP contribution in [0.4, 0.5) is 0 Å². The molecule has 3 aliphatic rings. The molecule has 2 atom stereocenters. The fraction of sp³-hybridized carbons (Fsp3) is 0.444. The van der Waals surface area contributed by atoms with Crippen molar-refractivity contribution in [3.05, 3.63) is 65.6 Å². The van der Waals surface area contributed by atoms with Crippen LogP contribution in [0.25, 0.3) is 0 Å². The van der Waals surface area contributed by atoms with Gasteiger partial charge in [0.05, 0.1) is 6.20 Å². The van der Waals surface area contributed by atoms with Crippen LogP contribution < -0.4 is 14.8 Å². The molecule has 1 saturated heterocycles. The fourth-order valence-corrected chi connectivity index (χ4v) is 5.47. The molecule has 192 valence electrons. The number of rotatable bonds is 7. The van der Waals surface area contributed by atoms with E-state index in [0.29, 0.717) is 47.7 Å². The first-order chi connectivity index (χ1) is 18.0. The summed E-state index contributed by atoms with van der Waals surface area (Å²) in [5.41, 5.74) is 1.90. The molecule has 1 spiro atoms. The molecular formula is C27H29N5O5. The number of fused-ring (bicyclic) bond motifs is 1. The number of aromatic nitrogens is 3. The van der Waals surface area contributed by atoms with E-state index in [2.05, 4.69) is 20.4 Å². The van der Waals surface area contributed by atoms with Gasteiger partial charge in [-0.3, -0.25) is 14.6 Å². The highest BCUT2D eigenvalue weighted by Gasteiger charge is 2.55. The molecule has 10 heteroatoms. The molecule has 1 aliphatic carbocycles. The van der Waals surface area contributed by atoms with Crippen molar-refractivity contribution in [2.45, 2.75) is 45.3 Å². The SMILES string of the molecule is Cc1nc(COc2ccc(C(=O)N3CCC4(CC3)CC4CNC(=O)C3Cc4ccncc4O3)cc2)no1. The molecule has 3 aromatic rings. The summed E-state index contributed by atoms with van der Waals surface area (Å²) in [6, 6.07) is 9.05. The molecule has 37 heavy (non-hydrogen) atoms. The highest BCUT2D eigenvalue weighted by Crippen LogP contribution is 2.59. The third-order valence-electron chi connectivity index (χ3n) is 7.80. The lowest BCUT2D eigenvalue weighted by Gasteiger charge is -2.33. The molecule has 0 radical (unpaired) electrons. The van der Waals surface area contributed by atoms with Crippen molar-refractivity contribution >= 4 is 11.8 Å². The van der Waals surface area contributed by atoms with E-state index in [9.17, 15) is 9.59 Å². The van der Waals surface area contributed by atoms with Gasteiger partial charge in [-0.05, 0) is 60.9 Å². The van der Waals surface area contributed by atoms with Crippen LogP contribution in [-0.2, 0) is 17.8 Å². The van der Waals surface area contributed by atoms with Gasteiger partial charge in [-0.1, -0.05) is 5.16 Å². The number of piperidine rings is 1. The summed E-state index contributed by atoms with van der Waals surface area (Å²) >= 11 is 0. The molecule has 1 saturated carbocycles. The zero-order valence-corrected chi connectivity index (χ0v) is 20.7. The predicted molar refractivity (Wildman–Crippen MR) is 131 cm³/mol. The lowest BCUT2D eigenvalue weighted by molar-refractivity contribution is -0.127. The molecule has 2 amide bonds. The summed E-state index contributed by atoms with van der Waals surface area (Å²) in [5.74, 6) is 2.74. The standard InChI is InChI=1S/C27H29N5O5/c1-17-30-24(31-37-17)16-35-21-4-2-18(3-5-21)26(34)32-10-7-27(8-11-32)13-20(27)14-29-25(33)22-12-19-6-9-28-15-23(19)36-22/h2-6,9,15,20,22H,7-8,10-14,16H2,1H3,(H,29,33). The van der Waals surface area contributed by atoms with E-state index in [1.165, 1.54) is 0 Å². The van der Waals surface area contributed by atoms with Crippen LogP contribution in [0.2, 0.25) is 0 Å². The topological polar surface area (TPSA) is 120 Å². The van der Waals surface area contributed by atoms with E-state index in [0.717, 1.165) is 37.9 Å². The summed E-state index contributed by atoms with van der Waals surface area (Å²) in [7, 11) is 0. The largest absolute Gasteiger partial charge is 0.485 e. The molecule has 0 bridgehead atoms. The number of carbonyl (C=O) groups is 2. The molecule has 6 rings (SSSR count). The molecule has 4 heterocycles. The summed E-state index contributed by atoms with van der Waals surface area (Å²) in [5, 5.41) is 6.90. The number of hydrogen-bond donors (Lipinski definition) is 1.